The summed E-state index contributed by atoms with van der Waals surface area (Å²) in [7, 11) is 0. The van der Waals surface area contributed by atoms with E-state index in [-0.39, 0.29) is 12.7 Å². The highest BCUT2D eigenvalue weighted by molar-refractivity contribution is 5.87. The van der Waals surface area contributed by atoms with E-state index >= 15 is 0 Å². The Bertz CT molecular complexity index is 597. The molecule has 2 atom stereocenters. The molecule has 0 saturated heterocycles. The summed E-state index contributed by atoms with van der Waals surface area (Å²) < 4.78 is 6.20. The molecule has 2 unspecified atom stereocenters. The quantitative estimate of drug-likeness (QED) is 0.926. The highest BCUT2D eigenvalue weighted by Crippen LogP contribution is 2.31. The van der Waals surface area contributed by atoms with Gasteiger partial charge in [-0.15, -0.1) is 0 Å². The first-order valence-corrected chi connectivity index (χ1v) is 7.44. The first-order chi connectivity index (χ1) is 9.78. The van der Waals surface area contributed by atoms with Crippen LogP contribution in [0.2, 0.25) is 0 Å². The van der Waals surface area contributed by atoms with Gasteiger partial charge in [0.25, 0.3) is 0 Å². The van der Waals surface area contributed by atoms with Crippen molar-refractivity contribution in [1.82, 2.24) is 4.98 Å². The lowest BCUT2D eigenvalue weighted by atomic mass is 9.88. The maximum atomic E-state index is 9.36. The SMILES string of the molecule is CC1CCCCC1Oc1nc(CO)cc2ccccc12. The molecule has 1 aliphatic carbocycles. The average molecular weight is 271 g/mol. The molecule has 1 saturated carbocycles. The molecule has 3 heteroatoms. The third-order valence-electron chi connectivity index (χ3n) is 4.22. The predicted molar refractivity (Wildman–Crippen MR) is 79.7 cm³/mol. The van der Waals surface area contributed by atoms with Crippen molar-refractivity contribution in [3.05, 3.63) is 36.0 Å². The van der Waals surface area contributed by atoms with Crippen molar-refractivity contribution < 1.29 is 9.84 Å². The summed E-state index contributed by atoms with van der Waals surface area (Å²) in [5.41, 5.74) is 0.669. The molecule has 1 heterocycles. The number of pyridine rings is 1. The van der Waals surface area contributed by atoms with E-state index in [1.165, 1.54) is 19.3 Å². The van der Waals surface area contributed by atoms with Gasteiger partial charge in [-0.2, -0.15) is 0 Å². The van der Waals surface area contributed by atoms with Crippen LogP contribution in [0.3, 0.4) is 0 Å². The van der Waals surface area contributed by atoms with Crippen molar-refractivity contribution in [3.8, 4) is 5.88 Å². The third-order valence-corrected chi connectivity index (χ3v) is 4.22. The summed E-state index contributed by atoms with van der Waals surface area (Å²) in [5.74, 6) is 1.24. The molecule has 0 aliphatic heterocycles. The summed E-state index contributed by atoms with van der Waals surface area (Å²) >= 11 is 0. The first-order valence-electron chi connectivity index (χ1n) is 7.44. The molecule has 3 nitrogen and oxygen atoms in total. The van der Waals surface area contributed by atoms with E-state index in [1.807, 2.05) is 30.3 Å². The van der Waals surface area contributed by atoms with Crippen molar-refractivity contribution in [3.63, 3.8) is 0 Å². The van der Waals surface area contributed by atoms with E-state index in [2.05, 4.69) is 11.9 Å². The molecule has 0 amide bonds. The molecule has 2 aromatic rings. The number of rotatable bonds is 3. The minimum atomic E-state index is -0.0542. The Balaban J connectivity index is 1.96. The topological polar surface area (TPSA) is 42.4 Å². The Kier molecular flexibility index (Phi) is 3.88. The van der Waals surface area contributed by atoms with Crippen LogP contribution >= 0.6 is 0 Å². The molecule has 0 bridgehead atoms. The van der Waals surface area contributed by atoms with E-state index in [4.69, 9.17) is 4.74 Å². The standard InChI is InChI=1S/C17H21NO2/c1-12-6-2-5-9-16(12)20-17-15-8-4-3-7-13(15)10-14(11-19)18-17/h3-4,7-8,10,12,16,19H,2,5-6,9,11H2,1H3. The summed E-state index contributed by atoms with van der Waals surface area (Å²) in [5, 5.41) is 11.5. The van der Waals surface area contributed by atoms with Gasteiger partial charge in [0.2, 0.25) is 5.88 Å². The molecule has 0 radical (unpaired) electrons. The number of hydrogen-bond donors (Lipinski definition) is 1. The number of aromatic nitrogens is 1. The van der Waals surface area contributed by atoms with Gasteiger partial charge in [0.05, 0.1) is 12.3 Å². The molecule has 20 heavy (non-hydrogen) atoms. The smallest absolute Gasteiger partial charge is 0.221 e. The fourth-order valence-electron chi connectivity index (χ4n) is 2.99. The molecule has 1 aromatic carbocycles. The maximum absolute atomic E-state index is 9.36. The Labute approximate surface area is 119 Å². The number of ether oxygens (including phenoxy) is 1. The highest BCUT2D eigenvalue weighted by atomic mass is 16.5. The second-order valence-corrected chi connectivity index (χ2v) is 5.72. The number of aliphatic hydroxyl groups is 1. The van der Waals surface area contributed by atoms with Crippen molar-refractivity contribution in [2.45, 2.75) is 45.3 Å². The van der Waals surface area contributed by atoms with Crippen LogP contribution in [-0.4, -0.2) is 16.2 Å². The van der Waals surface area contributed by atoms with Crippen molar-refractivity contribution in [2.75, 3.05) is 0 Å². The molecule has 1 aromatic heterocycles. The normalized spacial score (nSPS) is 22.9. The Hall–Kier alpha value is -1.61. The Morgan fingerprint density at radius 3 is 2.85 bits per heavy atom. The van der Waals surface area contributed by atoms with Crippen LogP contribution in [-0.2, 0) is 6.61 Å². The van der Waals surface area contributed by atoms with Crippen LogP contribution < -0.4 is 4.74 Å². The molecule has 1 aliphatic rings. The number of hydrogen-bond acceptors (Lipinski definition) is 3. The summed E-state index contributed by atoms with van der Waals surface area (Å²) in [6, 6.07) is 9.99. The molecule has 3 rings (SSSR count). The van der Waals surface area contributed by atoms with Crippen LogP contribution in [0.25, 0.3) is 10.8 Å². The first kappa shape index (κ1) is 13.4. The largest absolute Gasteiger partial charge is 0.474 e. The predicted octanol–water partition coefficient (Wildman–Crippen LogP) is 3.68. The van der Waals surface area contributed by atoms with Gasteiger partial charge in [-0.05, 0) is 42.7 Å². The van der Waals surface area contributed by atoms with Crippen LogP contribution in [0.4, 0.5) is 0 Å². The minimum absolute atomic E-state index is 0.0542. The molecule has 0 spiro atoms. The van der Waals surface area contributed by atoms with E-state index < -0.39 is 0 Å². The lowest BCUT2D eigenvalue weighted by molar-refractivity contribution is 0.0987. The van der Waals surface area contributed by atoms with Crippen molar-refractivity contribution >= 4 is 10.8 Å². The van der Waals surface area contributed by atoms with Crippen molar-refractivity contribution in [2.24, 2.45) is 5.92 Å². The van der Waals surface area contributed by atoms with Gasteiger partial charge in [-0.25, -0.2) is 4.98 Å². The highest BCUT2D eigenvalue weighted by Gasteiger charge is 2.24. The van der Waals surface area contributed by atoms with E-state index in [0.717, 1.165) is 17.2 Å². The molecule has 1 fully saturated rings. The van der Waals surface area contributed by atoms with Gasteiger partial charge in [0.15, 0.2) is 0 Å². The second-order valence-electron chi connectivity index (χ2n) is 5.72. The average Bonchev–Trinajstić information content (AvgIpc) is 2.49. The van der Waals surface area contributed by atoms with Gasteiger partial charge in [-0.1, -0.05) is 31.5 Å². The van der Waals surface area contributed by atoms with E-state index in [0.29, 0.717) is 17.5 Å². The Morgan fingerprint density at radius 1 is 1.25 bits per heavy atom. The van der Waals surface area contributed by atoms with Crippen molar-refractivity contribution in [1.29, 1.82) is 0 Å². The number of fused-ring (bicyclic) bond motifs is 1. The number of benzene rings is 1. The van der Waals surface area contributed by atoms with Gasteiger partial charge < -0.3 is 9.84 Å². The lowest BCUT2D eigenvalue weighted by Crippen LogP contribution is -2.28. The van der Waals surface area contributed by atoms with Crippen LogP contribution in [0.5, 0.6) is 5.88 Å². The second kappa shape index (κ2) is 5.80. The summed E-state index contributed by atoms with van der Waals surface area (Å²) in [6.45, 7) is 2.20. The maximum Gasteiger partial charge on any atom is 0.221 e. The monoisotopic (exact) mass is 271 g/mol. The molecule has 106 valence electrons. The van der Waals surface area contributed by atoms with Gasteiger partial charge in [0.1, 0.15) is 6.10 Å². The Morgan fingerprint density at radius 2 is 2.05 bits per heavy atom. The summed E-state index contributed by atoms with van der Waals surface area (Å²) in [6.07, 6.45) is 5.09. The van der Waals surface area contributed by atoms with Gasteiger partial charge >= 0.3 is 0 Å². The lowest BCUT2D eigenvalue weighted by Gasteiger charge is -2.29. The van der Waals surface area contributed by atoms with E-state index in [1.54, 1.807) is 0 Å². The van der Waals surface area contributed by atoms with Gasteiger partial charge in [0, 0.05) is 5.39 Å². The van der Waals surface area contributed by atoms with Gasteiger partial charge in [-0.3, -0.25) is 0 Å². The van der Waals surface area contributed by atoms with Crippen LogP contribution in [0.15, 0.2) is 30.3 Å². The van der Waals surface area contributed by atoms with E-state index in [9.17, 15) is 5.11 Å². The molecular weight excluding hydrogens is 250 g/mol. The fraction of sp³-hybridized carbons (Fsp3) is 0.471. The zero-order chi connectivity index (χ0) is 13.9. The fourth-order valence-corrected chi connectivity index (χ4v) is 2.99. The number of nitrogens with zero attached hydrogens (tertiary/aromatic N) is 1. The minimum Gasteiger partial charge on any atom is -0.474 e. The third kappa shape index (κ3) is 2.63. The summed E-state index contributed by atoms with van der Waals surface area (Å²) in [4.78, 5) is 4.48. The zero-order valence-corrected chi connectivity index (χ0v) is 11.9. The molecule has 1 N–H and O–H groups in total. The number of aliphatic hydroxyl groups excluding tert-OH is 1. The van der Waals surface area contributed by atoms with Crippen LogP contribution in [0, 0.1) is 5.92 Å². The molecular formula is C17H21NO2. The zero-order valence-electron chi connectivity index (χ0n) is 11.9. The van der Waals surface area contributed by atoms with Crippen LogP contribution in [0.1, 0.15) is 38.3 Å².